The second-order valence-corrected chi connectivity index (χ2v) is 7.54. The number of fused-ring (bicyclic) bond motifs is 2. The molecule has 2 atom stereocenters. The molecule has 1 N–H and O–H groups in total. The number of rotatable bonds is 3. The molecular formula is C20H29FIN3O2. The third-order valence-corrected chi connectivity index (χ3v) is 5.76. The van der Waals surface area contributed by atoms with Gasteiger partial charge >= 0.3 is 0 Å². The predicted molar refractivity (Wildman–Crippen MR) is 114 cm³/mol. The summed E-state index contributed by atoms with van der Waals surface area (Å²) >= 11 is 0. The Morgan fingerprint density at radius 2 is 2.00 bits per heavy atom. The van der Waals surface area contributed by atoms with Gasteiger partial charge in [-0.3, -0.25) is 0 Å². The number of hydrogen-bond acceptors (Lipinski definition) is 3. The maximum atomic E-state index is 13.9. The molecule has 2 heterocycles. The summed E-state index contributed by atoms with van der Waals surface area (Å²) in [6.07, 6.45) is 5.40. The molecule has 1 saturated carbocycles. The van der Waals surface area contributed by atoms with Gasteiger partial charge in [0.25, 0.3) is 0 Å². The third kappa shape index (κ3) is 4.67. The zero-order chi connectivity index (χ0) is 17.9. The number of likely N-dealkylation sites (tertiary alicyclic amines) is 1. The first-order valence-electron chi connectivity index (χ1n) is 9.79. The predicted octanol–water partition coefficient (Wildman–Crippen LogP) is 3.90. The van der Waals surface area contributed by atoms with Crippen LogP contribution >= 0.6 is 24.0 Å². The fraction of sp³-hybridized carbons (Fsp3) is 0.650. The Morgan fingerprint density at radius 3 is 2.70 bits per heavy atom. The highest BCUT2D eigenvalue weighted by Gasteiger charge is 2.35. The fourth-order valence-corrected chi connectivity index (χ4v) is 4.54. The number of nitrogens with one attached hydrogen (secondary N) is 1. The smallest absolute Gasteiger partial charge is 0.194 e. The number of guanidine groups is 1. The van der Waals surface area contributed by atoms with Gasteiger partial charge < -0.3 is 19.7 Å². The molecule has 0 bridgehead atoms. The van der Waals surface area contributed by atoms with Gasteiger partial charge in [0.2, 0.25) is 0 Å². The van der Waals surface area contributed by atoms with E-state index in [0.717, 1.165) is 54.3 Å². The van der Waals surface area contributed by atoms with Crippen LogP contribution in [0.5, 0.6) is 5.75 Å². The lowest BCUT2D eigenvalue weighted by Gasteiger charge is -2.23. The minimum atomic E-state index is -0.264. The van der Waals surface area contributed by atoms with Gasteiger partial charge in [-0.2, -0.15) is 0 Å². The number of benzene rings is 1. The van der Waals surface area contributed by atoms with E-state index in [-0.39, 0.29) is 36.6 Å². The van der Waals surface area contributed by atoms with Crippen molar-refractivity contribution in [2.24, 2.45) is 16.8 Å². The van der Waals surface area contributed by atoms with Crippen molar-refractivity contribution in [1.82, 2.24) is 10.2 Å². The van der Waals surface area contributed by atoms with Crippen LogP contribution in [0.3, 0.4) is 0 Å². The fourth-order valence-electron chi connectivity index (χ4n) is 4.54. The van der Waals surface area contributed by atoms with Crippen LogP contribution in [0.25, 0.3) is 0 Å². The van der Waals surface area contributed by atoms with Crippen molar-refractivity contribution < 1.29 is 13.9 Å². The molecule has 0 spiro atoms. The average molecular weight is 489 g/mol. The lowest BCUT2D eigenvalue weighted by Crippen LogP contribution is -2.40. The number of aliphatic imine (C=N–C) groups is 1. The largest absolute Gasteiger partial charge is 0.467 e. The van der Waals surface area contributed by atoms with E-state index in [2.05, 4.69) is 17.1 Å². The Labute approximate surface area is 177 Å². The van der Waals surface area contributed by atoms with Gasteiger partial charge in [-0.25, -0.2) is 9.38 Å². The average Bonchev–Trinajstić information content (AvgIpc) is 3.08. The number of hydrogen-bond donors (Lipinski definition) is 1. The van der Waals surface area contributed by atoms with E-state index in [1.165, 1.54) is 37.8 Å². The Morgan fingerprint density at radius 1 is 1.26 bits per heavy atom. The van der Waals surface area contributed by atoms with E-state index in [9.17, 15) is 4.39 Å². The molecule has 1 aliphatic carbocycles. The van der Waals surface area contributed by atoms with E-state index >= 15 is 0 Å². The highest BCUT2D eigenvalue weighted by molar-refractivity contribution is 14.0. The molecule has 0 amide bonds. The first kappa shape index (κ1) is 20.6. The van der Waals surface area contributed by atoms with Crippen molar-refractivity contribution >= 4 is 29.9 Å². The van der Waals surface area contributed by atoms with E-state index in [1.54, 1.807) is 0 Å². The van der Waals surface area contributed by atoms with Crippen LogP contribution in [0.2, 0.25) is 0 Å². The summed E-state index contributed by atoms with van der Waals surface area (Å²) in [5.74, 6) is 3.00. The van der Waals surface area contributed by atoms with E-state index in [1.807, 2.05) is 0 Å². The molecule has 7 heteroatoms. The van der Waals surface area contributed by atoms with E-state index in [0.29, 0.717) is 13.2 Å². The van der Waals surface area contributed by atoms with Crippen molar-refractivity contribution in [1.29, 1.82) is 0 Å². The van der Waals surface area contributed by atoms with Gasteiger partial charge in [0.15, 0.2) is 12.8 Å². The summed E-state index contributed by atoms with van der Waals surface area (Å²) < 4.78 is 24.8. The van der Waals surface area contributed by atoms with Crippen LogP contribution in [0.1, 0.15) is 43.7 Å². The maximum absolute atomic E-state index is 13.9. The van der Waals surface area contributed by atoms with Gasteiger partial charge in [-0.15, -0.1) is 24.0 Å². The zero-order valence-corrected chi connectivity index (χ0v) is 18.2. The van der Waals surface area contributed by atoms with Crippen LogP contribution in [0.4, 0.5) is 4.39 Å². The highest BCUT2D eigenvalue weighted by atomic mass is 127. The van der Waals surface area contributed by atoms with E-state index in [4.69, 9.17) is 14.5 Å². The summed E-state index contributed by atoms with van der Waals surface area (Å²) in [7, 11) is 0. The van der Waals surface area contributed by atoms with Crippen LogP contribution in [0.15, 0.2) is 17.1 Å². The quantitative estimate of drug-likeness (QED) is 0.398. The summed E-state index contributed by atoms with van der Waals surface area (Å²) in [6, 6.07) is 3.01. The monoisotopic (exact) mass is 489 g/mol. The van der Waals surface area contributed by atoms with Gasteiger partial charge in [-0.05, 0) is 43.7 Å². The Balaban J connectivity index is 0.00000210. The molecule has 0 aromatic heterocycles. The minimum Gasteiger partial charge on any atom is -0.467 e. The molecule has 1 aromatic rings. The second kappa shape index (κ2) is 9.41. The molecular weight excluding hydrogens is 460 g/mol. The van der Waals surface area contributed by atoms with Crippen LogP contribution < -0.4 is 10.1 Å². The maximum Gasteiger partial charge on any atom is 0.194 e. The van der Waals surface area contributed by atoms with E-state index < -0.39 is 0 Å². The molecule has 3 aliphatic rings. The number of ether oxygens (including phenoxy) is 2. The first-order chi connectivity index (χ1) is 12.7. The van der Waals surface area contributed by atoms with Gasteiger partial charge in [0.1, 0.15) is 11.6 Å². The topological polar surface area (TPSA) is 46.1 Å². The molecule has 1 aromatic carbocycles. The zero-order valence-electron chi connectivity index (χ0n) is 15.9. The normalized spacial score (nSPS) is 24.5. The SMILES string of the molecule is CCNC(=NCc1cc(F)cc2c1OCOC2)N1CC2CCCCC2C1.I. The molecule has 0 radical (unpaired) electrons. The molecule has 2 unspecified atom stereocenters. The third-order valence-electron chi connectivity index (χ3n) is 5.76. The Hall–Kier alpha value is -1.09. The van der Waals surface area contributed by atoms with Crippen LogP contribution in [0, 0.1) is 17.7 Å². The summed E-state index contributed by atoms with van der Waals surface area (Å²) in [4.78, 5) is 7.21. The molecule has 4 rings (SSSR count). The first-order valence-corrected chi connectivity index (χ1v) is 9.79. The van der Waals surface area contributed by atoms with Crippen LogP contribution in [-0.4, -0.2) is 37.3 Å². The lowest BCUT2D eigenvalue weighted by molar-refractivity contribution is -0.0172. The Kier molecular flexibility index (Phi) is 7.19. The molecule has 150 valence electrons. The van der Waals surface area contributed by atoms with Crippen molar-refractivity contribution in [2.45, 2.75) is 45.8 Å². The van der Waals surface area contributed by atoms with Gasteiger partial charge in [-0.1, -0.05) is 12.8 Å². The van der Waals surface area contributed by atoms with Crippen molar-refractivity contribution in [3.8, 4) is 5.75 Å². The highest BCUT2D eigenvalue weighted by Crippen LogP contribution is 2.36. The minimum absolute atomic E-state index is 0. The Bertz CT molecular complexity index is 671. The summed E-state index contributed by atoms with van der Waals surface area (Å²) in [6.45, 7) is 6.10. The lowest BCUT2D eigenvalue weighted by atomic mass is 9.82. The van der Waals surface area contributed by atoms with Gasteiger partial charge in [0, 0.05) is 30.8 Å². The molecule has 2 fully saturated rings. The summed E-state index contributed by atoms with van der Waals surface area (Å²) in [5.41, 5.74) is 1.55. The second-order valence-electron chi connectivity index (χ2n) is 7.54. The van der Waals surface area contributed by atoms with Gasteiger partial charge in [0.05, 0.1) is 13.2 Å². The van der Waals surface area contributed by atoms with Crippen LogP contribution in [-0.2, 0) is 17.9 Å². The van der Waals surface area contributed by atoms with Crippen molar-refractivity contribution in [2.75, 3.05) is 26.4 Å². The molecule has 27 heavy (non-hydrogen) atoms. The molecule has 5 nitrogen and oxygen atoms in total. The van der Waals surface area contributed by atoms with Crippen molar-refractivity contribution in [3.05, 3.63) is 29.1 Å². The number of nitrogens with zero attached hydrogens (tertiary/aromatic N) is 2. The van der Waals surface area contributed by atoms with Crippen molar-refractivity contribution in [3.63, 3.8) is 0 Å². The number of halogens is 2. The standard InChI is InChI=1S/C20H28FN3O2.HI/c1-2-22-20(24-10-14-5-3-4-6-15(14)11-24)23-9-16-7-18(21)8-17-12-25-13-26-19(16)17;/h7-8,14-15H,2-6,9-13H2,1H3,(H,22,23);1H. The summed E-state index contributed by atoms with van der Waals surface area (Å²) in [5, 5.41) is 3.42. The molecule has 2 aliphatic heterocycles. The molecule has 1 saturated heterocycles.